The highest BCUT2D eigenvalue weighted by atomic mass is 35.5. The van der Waals surface area contributed by atoms with Gasteiger partial charge < -0.3 is 45.4 Å². The van der Waals surface area contributed by atoms with Gasteiger partial charge in [-0.3, -0.25) is 9.80 Å². The summed E-state index contributed by atoms with van der Waals surface area (Å²) in [5.41, 5.74) is 12.2. The number of nitrogens with one attached hydrogen (secondary N) is 3. The summed E-state index contributed by atoms with van der Waals surface area (Å²) < 4.78 is 38.5. The average Bonchev–Trinajstić information content (AvgIpc) is 1.68. The molecule has 0 aliphatic heterocycles. The lowest BCUT2D eigenvalue weighted by atomic mass is 10.2. The number of carbonyl (C=O) groups is 2. The fraction of sp³-hybridized carbons (Fsp3) is 0.414. The zero-order valence-corrected chi connectivity index (χ0v) is 62.0. The summed E-state index contributed by atoms with van der Waals surface area (Å²) in [6.45, 7) is 23.1. The molecule has 0 saturated heterocycles. The molecule has 2 amide bonds. The molecule has 3 saturated carbocycles. The van der Waals surface area contributed by atoms with Crippen molar-refractivity contribution >= 4 is 86.9 Å². The molecule has 550 valence electrons. The highest BCUT2D eigenvalue weighted by Gasteiger charge is 2.31. The highest BCUT2D eigenvalue weighted by Crippen LogP contribution is 2.37. The van der Waals surface area contributed by atoms with Gasteiger partial charge >= 0.3 is 12.2 Å². The minimum absolute atomic E-state index is 0.151. The topological polar surface area (TPSA) is 370 Å². The zero-order valence-electron chi connectivity index (χ0n) is 61.2. The van der Waals surface area contributed by atoms with Crippen LogP contribution in [0.15, 0.2) is 110 Å². The van der Waals surface area contributed by atoms with Crippen molar-refractivity contribution < 1.29 is 33.3 Å². The number of nitrogens with two attached hydrogens (primary N) is 1. The average molecular weight is 1450 g/mol. The molecule has 12 aromatic rings. The van der Waals surface area contributed by atoms with E-state index >= 15 is 0 Å². The molecule has 15 rings (SSSR count). The summed E-state index contributed by atoms with van der Waals surface area (Å²) in [7, 11) is 5.07. The standard InChI is InChI=1S/C25H31N9O3.C20H23N9O.C17H22ClN7O2.C8H10N2O/c1-15(2)33-14-19(30-31-33)17-13-27-34-21(32(6)24(35)37-25(3,4)5)12-20(29-22(17)34)28-18-8-7-11-26-23(18)36-16-9-10-16;1-12(2)28-11-16(26-27-28)14-10-23-29-18(21-3)9-17(25-19(14)29)24-15-5-4-8-22-20(15)30-13-6-7-13;1-10(2)24-9-12(21-22-24)11-8-19-25-14(7-13(18)20-15(11)25)23(6)16(26)27-17(3,4)5;9-7-2-1-5-10-8(7)11-6-3-4-6/h7-8,11-16H,9-10H2,1-6H3,(H,28,29);4-5,8-13,21H,6-7H2,1-3H3,(H,24,25);7-10H,1-6H3;1-2,5-6H,3-4,9H2. The molecule has 0 atom stereocenters. The van der Waals surface area contributed by atoms with E-state index in [9.17, 15) is 9.59 Å². The molecule has 34 nitrogen and oxygen atoms in total. The van der Waals surface area contributed by atoms with Crippen molar-refractivity contribution in [2.24, 2.45) is 0 Å². The monoisotopic (exact) mass is 1450 g/mol. The van der Waals surface area contributed by atoms with Crippen LogP contribution in [0.5, 0.6) is 17.6 Å². The molecular weight excluding hydrogens is 1370 g/mol. The van der Waals surface area contributed by atoms with E-state index in [1.807, 2.05) is 109 Å². The molecule has 3 aliphatic rings. The molecule has 0 bridgehead atoms. The summed E-state index contributed by atoms with van der Waals surface area (Å²) in [6.07, 6.45) is 21.9. The zero-order chi connectivity index (χ0) is 74.6. The third-order valence-electron chi connectivity index (χ3n) is 15.8. The molecule has 0 radical (unpaired) electrons. The first-order valence-electron chi connectivity index (χ1n) is 34.5. The number of nitrogen functional groups attached to an aromatic ring is 1. The van der Waals surface area contributed by atoms with Crippen molar-refractivity contribution in [2.75, 3.05) is 52.6 Å². The number of hydrogen-bond acceptors (Lipinski definition) is 26. The van der Waals surface area contributed by atoms with E-state index < -0.39 is 23.4 Å². The second-order valence-electron chi connectivity index (χ2n) is 28.0. The summed E-state index contributed by atoms with van der Waals surface area (Å²) >= 11 is 6.21. The number of aromatic nitrogens is 21. The van der Waals surface area contributed by atoms with Crippen molar-refractivity contribution in [3.05, 3.63) is 116 Å². The maximum atomic E-state index is 13.0. The van der Waals surface area contributed by atoms with Crippen molar-refractivity contribution in [3.63, 3.8) is 0 Å². The number of anilines is 8. The Morgan fingerprint density at radius 3 is 1.30 bits per heavy atom. The molecule has 5 N–H and O–H groups in total. The van der Waals surface area contributed by atoms with Gasteiger partial charge in [-0.2, -0.15) is 28.8 Å². The lowest BCUT2D eigenvalue weighted by Gasteiger charge is -2.25. The van der Waals surface area contributed by atoms with Gasteiger partial charge in [0, 0.05) is 76.1 Å². The number of nitrogens with zero attached hydrogens (tertiary/aromatic N) is 23. The second kappa shape index (κ2) is 30.6. The molecule has 35 heteroatoms. The molecule has 3 fully saturated rings. The van der Waals surface area contributed by atoms with Gasteiger partial charge in [-0.15, -0.1) is 15.3 Å². The molecule has 12 aromatic heterocycles. The summed E-state index contributed by atoms with van der Waals surface area (Å²) in [5.74, 6) is 4.47. The summed E-state index contributed by atoms with van der Waals surface area (Å²) in [4.78, 5) is 54.9. The van der Waals surface area contributed by atoms with Gasteiger partial charge in [-0.1, -0.05) is 27.2 Å². The molecular formula is C70H86ClN27O7. The third-order valence-corrected chi connectivity index (χ3v) is 16.0. The lowest BCUT2D eigenvalue weighted by molar-refractivity contribution is 0.0577. The SMILES string of the molecule is CC(C)n1cc(-c2cnn3c(N(C)C(=O)OC(C)(C)C)cc(Cl)nc23)nn1.CC(C)n1cc(-c2cnn3c(N(C)C(=O)OC(C)(C)C)cc(Nc4cccnc4OC4CC4)nc23)nn1.CNc1cc(Nc2cccnc2OC2CC2)nc2c(-c3cn(C(C)C)nn3)cnn12.Nc1cccnc1OC1CC1. The van der Waals surface area contributed by atoms with Gasteiger partial charge in [0.2, 0.25) is 17.6 Å². The molecule has 0 unspecified atom stereocenters. The van der Waals surface area contributed by atoms with E-state index in [2.05, 4.69) is 96.0 Å². The lowest BCUT2D eigenvalue weighted by Crippen LogP contribution is -2.35. The van der Waals surface area contributed by atoms with E-state index in [1.54, 1.807) is 115 Å². The van der Waals surface area contributed by atoms with Crippen molar-refractivity contribution in [1.29, 1.82) is 0 Å². The van der Waals surface area contributed by atoms with Crippen LogP contribution >= 0.6 is 11.6 Å². The maximum Gasteiger partial charge on any atom is 0.415 e. The minimum Gasteiger partial charge on any atom is -0.473 e. The van der Waals surface area contributed by atoms with E-state index in [0.717, 1.165) is 61.3 Å². The van der Waals surface area contributed by atoms with Crippen LogP contribution < -0.4 is 45.7 Å². The molecule has 0 aromatic carbocycles. The van der Waals surface area contributed by atoms with Crippen LogP contribution in [-0.4, -0.2) is 167 Å². The quantitative estimate of drug-likeness (QED) is 0.0546. The smallest absolute Gasteiger partial charge is 0.415 e. The molecule has 3 aliphatic carbocycles. The van der Waals surface area contributed by atoms with Gasteiger partial charge in [-0.05, 0) is 158 Å². The Labute approximate surface area is 610 Å². The summed E-state index contributed by atoms with van der Waals surface area (Å²) in [5, 5.41) is 48.8. The van der Waals surface area contributed by atoms with E-state index in [-0.39, 0.29) is 35.5 Å². The fourth-order valence-electron chi connectivity index (χ4n) is 9.93. The van der Waals surface area contributed by atoms with Crippen LogP contribution in [0.3, 0.4) is 0 Å². The Bertz CT molecular complexity index is 5030. The first-order valence-corrected chi connectivity index (χ1v) is 34.9. The fourth-order valence-corrected chi connectivity index (χ4v) is 10.1. The number of hydrogen-bond donors (Lipinski definition) is 4. The van der Waals surface area contributed by atoms with Crippen LogP contribution in [0.4, 0.5) is 55.7 Å². The molecule has 12 heterocycles. The van der Waals surface area contributed by atoms with E-state index in [0.29, 0.717) is 97.8 Å². The van der Waals surface area contributed by atoms with Crippen molar-refractivity contribution in [2.45, 2.75) is 169 Å². The Morgan fingerprint density at radius 1 is 0.533 bits per heavy atom. The highest BCUT2D eigenvalue weighted by molar-refractivity contribution is 6.30. The third kappa shape index (κ3) is 18.0. The van der Waals surface area contributed by atoms with E-state index in [1.165, 1.54) is 14.3 Å². The molecule has 0 spiro atoms. The van der Waals surface area contributed by atoms with Gasteiger partial charge in [0.25, 0.3) is 0 Å². The van der Waals surface area contributed by atoms with Crippen LogP contribution in [-0.2, 0) is 9.47 Å². The van der Waals surface area contributed by atoms with Crippen molar-refractivity contribution in [3.8, 4) is 51.4 Å². The van der Waals surface area contributed by atoms with Crippen LogP contribution in [0.2, 0.25) is 5.15 Å². The Hall–Kier alpha value is -11.8. The number of ether oxygens (including phenoxy) is 5. The van der Waals surface area contributed by atoms with Gasteiger partial charge in [0.15, 0.2) is 16.9 Å². The first-order chi connectivity index (χ1) is 50.1. The maximum absolute atomic E-state index is 13.0. The predicted octanol–water partition coefficient (Wildman–Crippen LogP) is 12.7. The number of carbonyl (C=O) groups excluding carboxylic acids is 2. The van der Waals surface area contributed by atoms with E-state index in [4.69, 9.17) is 51.0 Å². The largest absolute Gasteiger partial charge is 0.473 e. The number of fused-ring (bicyclic) bond motifs is 3. The normalized spacial score (nSPS) is 13.6. The number of halogens is 1. The Balaban J connectivity index is 0.000000139. The molecule has 105 heavy (non-hydrogen) atoms. The Kier molecular flexibility index (Phi) is 21.3. The van der Waals surface area contributed by atoms with Gasteiger partial charge in [-0.25, -0.2) is 53.5 Å². The summed E-state index contributed by atoms with van der Waals surface area (Å²) in [6, 6.07) is 16.8. The second-order valence-corrected chi connectivity index (χ2v) is 28.4. The van der Waals surface area contributed by atoms with Gasteiger partial charge in [0.1, 0.15) is 92.2 Å². The number of amides is 2. The number of rotatable bonds is 19. The minimum atomic E-state index is -0.659. The number of pyridine rings is 3. The van der Waals surface area contributed by atoms with Crippen LogP contribution in [0.25, 0.3) is 50.7 Å². The predicted molar refractivity (Wildman–Crippen MR) is 396 cm³/mol. The first kappa shape index (κ1) is 72.9. The van der Waals surface area contributed by atoms with Gasteiger partial charge in [0.05, 0.1) is 59.6 Å². The van der Waals surface area contributed by atoms with Crippen LogP contribution in [0, 0.1) is 0 Å². The van der Waals surface area contributed by atoms with Crippen molar-refractivity contribution in [1.82, 2.24) is 104 Å². The Morgan fingerprint density at radius 2 is 0.905 bits per heavy atom. The van der Waals surface area contributed by atoms with Crippen LogP contribution in [0.1, 0.15) is 140 Å².